The molecule has 0 bridgehead atoms. The van der Waals surface area contributed by atoms with Gasteiger partial charge in [0.2, 0.25) is 5.91 Å². The third-order valence-electron chi connectivity index (χ3n) is 3.63. The molecule has 1 amide bonds. The molecule has 2 aromatic carbocycles. The van der Waals surface area contributed by atoms with Crippen molar-refractivity contribution >= 4 is 22.9 Å². The number of aromatic nitrogens is 1. The molecular formula is C19H14F4N2O2S. The van der Waals surface area contributed by atoms with Gasteiger partial charge in [0.15, 0.2) is 5.75 Å². The van der Waals surface area contributed by atoms with E-state index in [-0.39, 0.29) is 12.1 Å². The van der Waals surface area contributed by atoms with Crippen LogP contribution in [0.1, 0.15) is 9.88 Å². The van der Waals surface area contributed by atoms with Crippen LogP contribution in [0.25, 0.3) is 11.3 Å². The molecule has 1 heterocycles. The van der Waals surface area contributed by atoms with Crippen LogP contribution >= 0.6 is 11.3 Å². The van der Waals surface area contributed by atoms with Crippen LogP contribution in [-0.4, -0.2) is 17.3 Å². The number of benzene rings is 2. The number of ether oxygens (including phenoxy) is 1. The first-order chi connectivity index (χ1) is 13.2. The van der Waals surface area contributed by atoms with E-state index in [4.69, 9.17) is 0 Å². The number of aryl methyl sites for hydroxylation is 1. The van der Waals surface area contributed by atoms with Crippen molar-refractivity contribution in [3.63, 3.8) is 0 Å². The van der Waals surface area contributed by atoms with Crippen LogP contribution < -0.4 is 10.1 Å². The lowest BCUT2D eigenvalue weighted by Gasteiger charge is -2.13. The quantitative estimate of drug-likeness (QED) is 0.578. The normalized spacial score (nSPS) is 11.3. The second kappa shape index (κ2) is 7.97. The Balaban J connectivity index is 1.79. The summed E-state index contributed by atoms with van der Waals surface area (Å²) in [5.74, 6) is -1.41. The lowest BCUT2D eigenvalue weighted by Crippen LogP contribution is -2.20. The summed E-state index contributed by atoms with van der Waals surface area (Å²) in [7, 11) is 0. The molecule has 0 saturated carbocycles. The molecule has 3 aromatic rings. The second-order valence-electron chi connectivity index (χ2n) is 5.78. The van der Waals surface area contributed by atoms with Crippen molar-refractivity contribution in [3.05, 3.63) is 64.2 Å². The first kappa shape index (κ1) is 19.8. The maximum absolute atomic E-state index is 13.1. The Kier molecular flexibility index (Phi) is 5.64. The molecule has 146 valence electrons. The van der Waals surface area contributed by atoms with E-state index >= 15 is 0 Å². The summed E-state index contributed by atoms with van der Waals surface area (Å²) in [6.07, 6.45) is -4.97. The molecule has 0 saturated heterocycles. The lowest BCUT2D eigenvalue weighted by atomic mass is 10.1. The van der Waals surface area contributed by atoms with Crippen LogP contribution in [0.15, 0.2) is 48.5 Å². The Morgan fingerprint density at radius 2 is 1.82 bits per heavy atom. The van der Waals surface area contributed by atoms with Crippen molar-refractivity contribution in [2.45, 2.75) is 19.7 Å². The van der Waals surface area contributed by atoms with Gasteiger partial charge in [-0.15, -0.1) is 24.5 Å². The van der Waals surface area contributed by atoms with Crippen LogP contribution in [0.3, 0.4) is 0 Å². The number of nitrogens with zero attached hydrogens (tertiary/aromatic N) is 1. The Morgan fingerprint density at radius 3 is 2.50 bits per heavy atom. The predicted octanol–water partition coefficient (Wildman–Crippen LogP) is 5.34. The highest BCUT2D eigenvalue weighted by Crippen LogP contribution is 2.31. The van der Waals surface area contributed by atoms with E-state index in [2.05, 4.69) is 15.0 Å². The van der Waals surface area contributed by atoms with Crippen molar-refractivity contribution < 1.29 is 27.1 Å². The number of amides is 1. The molecule has 0 aliphatic rings. The van der Waals surface area contributed by atoms with Gasteiger partial charge in [0.25, 0.3) is 0 Å². The average molecular weight is 410 g/mol. The van der Waals surface area contributed by atoms with Gasteiger partial charge in [-0.05, 0) is 43.3 Å². The van der Waals surface area contributed by atoms with Crippen LogP contribution in [0, 0.1) is 12.7 Å². The highest BCUT2D eigenvalue weighted by Gasteiger charge is 2.32. The number of halogens is 4. The van der Waals surface area contributed by atoms with Gasteiger partial charge in [-0.25, -0.2) is 9.37 Å². The average Bonchev–Trinajstić information content (AvgIpc) is 2.96. The van der Waals surface area contributed by atoms with Gasteiger partial charge in [-0.1, -0.05) is 12.1 Å². The Bertz CT molecular complexity index is 984. The molecule has 9 heteroatoms. The summed E-state index contributed by atoms with van der Waals surface area (Å²) in [5, 5.41) is 3.14. The van der Waals surface area contributed by atoms with Gasteiger partial charge in [0, 0.05) is 10.4 Å². The summed E-state index contributed by atoms with van der Waals surface area (Å²) < 4.78 is 54.6. The minimum Gasteiger partial charge on any atom is -0.404 e. The molecule has 4 nitrogen and oxygen atoms in total. The fourth-order valence-electron chi connectivity index (χ4n) is 2.55. The Labute approximate surface area is 161 Å². The van der Waals surface area contributed by atoms with Gasteiger partial charge < -0.3 is 10.1 Å². The maximum Gasteiger partial charge on any atom is 0.573 e. The number of alkyl halides is 3. The number of thiazole rings is 1. The van der Waals surface area contributed by atoms with Crippen LogP contribution in [0.5, 0.6) is 5.75 Å². The van der Waals surface area contributed by atoms with Gasteiger partial charge in [0.05, 0.1) is 22.8 Å². The summed E-state index contributed by atoms with van der Waals surface area (Å²) in [6, 6.07) is 11.0. The van der Waals surface area contributed by atoms with E-state index < -0.39 is 23.8 Å². The number of rotatable bonds is 5. The molecule has 0 aliphatic heterocycles. The topological polar surface area (TPSA) is 51.2 Å². The van der Waals surface area contributed by atoms with Gasteiger partial charge >= 0.3 is 6.36 Å². The number of para-hydroxylation sites is 2. The van der Waals surface area contributed by atoms with Crippen LogP contribution in [-0.2, 0) is 11.2 Å². The first-order valence-corrected chi connectivity index (χ1v) is 8.90. The first-order valence-electron chi connectivity index (χ1n) is 8.08. The smallest absolute Gasteiger partial charge is 0.404 e. The van der Waals surface area contributed by atoms with Crippen molar-refractivity contribution in [2.75, 3.05) is 5.32 Å². The van der Waals surface area contributed by atoms with Crippen molar-refractivity contribution in [3.8, 4) is 17.0 Å². The Morgan fingerprint density at radius 1 is 1.14 bits per heavy atom. The van der Waals surface area contributed by atoms with Crippen LogP contribution in [0.4, 0.5) is 23.2 Å². The molecule has 0 spiro atoms. The summed E-state index contributed by atoms with van der Waals surface area (Å²) in [6.45, 7) is 1.77. The highest BCUT2D eigenvalue weighted by molar-refractivity contribution is 7.12. The van der Waals surface area contributed by atoms with Crippen molar-refractivity contribution in [2.24, 2.45) is 0 Å². The summed E-state index contributed by atoms with van der Waals surface area (Å²) >= 11 is 1.29. The lowest BCUT2D eigenvalue weighted by molar-refractivity contribution is -0.274. The molecule has 28 heavy (non-hydrogen) atoms. The number of anilines is 1. The fraction of sp³-hybridized carbons (Fsp3) is 0.158. The van der Waals surface area contributed by atoms with Crippen molar-refractivity contribution in [1.82, 2.24) is 4.98 Å². The molecule has 0 aliphatic carbocycles. The van der Waals surface area contributed by atoms with E-state index in [1.54, 1.807) is 19.1 Å². The van der Waals surface area contributed by atoms with Crippen molar-refractivity contribution in [1.29, 1.82) is 0 Å². The number of nitrogens with one attached hydrogen (secondary N) is 1. The minimum atomic E-state index is -4.87. The SMILES string of the molecule is Cc1nc(-c2ccc(F)cc2)c(CC(=O)Nc2ccccc2OC(F)(F)F)s1. The third-order valence-corrected chi connectivity index (χ3v) is 4.60. The molecule has 0 fully saturated rings. The zero-order chi connectivity index (χ0) is 20.3. The molecule has 1 aromatic heterocycles. The molecular weight excluding hydrogens is 396 g/mol. The largest absolute Gasteiger partial charge is 0.573 e. The maximum atomic E-state index is 13.1. The predicted molar refractivity (Wildman–Crippen MR) is 97.7 cm³/mol. The molecule has 3 rings (SSSR count). The highest BCUT2D eigenvalue weighted by atomic mass is 32.1. The van der Waals surface area contributed by atoms with E-state index in [0.717, 1.165) is 6.07 Å². The zero-order valence-corrected chi connectivity index (χ0v) is 15.3. The van der Waals surface area contributed by atoms with Gasteiger partial charge in [0.1, 0.15) is 5.82 Å². The zero-order valence-electron chi connectivity index (χ0n) is 14.5. The molecule has 0 radical (unpaired) electrons. The molecule has 1 N–H and O–H groups in total. The number of hydrogen-bond acceptors (Lipinski definition) is 4. The van der Waals surface area contributed by atoms with Gasteiger partial charge in [-0.2, -0.15) is 0 Å². The number of carbonyl (C=O) groups is 1. The van der Waals surface area contributed by atoms with E-state index in [9.17, 15) is 22.4 Å². The second-order valence-corrected chi connectivity index (χ2v) is 7.07. The minimum absolute atomic E-state index is 0.0885. The molecule has 0 atom stereocenters. The van der Waals surface area contributed by atoms with E-state index in [0.29, 0.717) is 21.1 Å². The Hall–Kier alpha value is -2.94. The number of hydrogen-bond donors (Lipinski definition) is 1. The monoisotopic (exact) mass is 410 g/mol. The number of carbonyl (C=O) groups excluding carboxylic acids is 1. The van der Waals surface area contributed by atoms with E-state index in [1.165, 1.54) is 41.7 Å². The third kappa shape index (κ3) is 5.07. The van der Waals surface area contributed by atoms with Crippen LogP contribution in [0.2, 0.25) is 0 Å². The molecule has 0 unspecified atom stereocenters. The standard InChI is InChI=1S/C19H14F4N2O2S/c1-11-24-18(12-6-8-13(20)9-7-12)16(28-11)10-17(26)25-14-4-2-3-5-15(14)27-19(21,22)23/h2-9H,10H2,1H3,(H,25,26). The van der Waals surface area contributed by atoms with Gasteiger partial charge in [-0.3, -0.25) is 4.79 Å². The summed E-state index contributed by atoms with van der Waals surface area (Å²) in [4.78, 5) is 17.4. The van der Waals surface area contributed by atoms with E-state index in [1.807, 2.05) is 0 Å². The summed E-state index contributed by atoms with van der Waals surface area (Å²) in [5.41, 5.74) is 1.10. The fourth-order valence-corrected chi connectivity index (χ4v) is 3.50.